The molecule has 1 atom stereocenters. The van der Waals surface area contributed by atoms with Crippen molar-refractivity contribution in [2.45, 2.75) is 25.1 Å². The lowest BCUT2D eigenvalue weighted by atomic mass is 9.86. The van der Waals surface area contributed by atoms with Gasteiger partial charge in [0.25, 0.3) is 11.5 Å². The Morgan fingerprint density at radius 1 is 1.13 bits per heavy atom. The molecule has 1 unspecified atom stereocenters. The number of amides is 3. The van der Waals surface area contributed by atoms with Gasteiger partial charge in [-0.05, 0) is 48.4 Å². The molecule has 164 valence electrons. The molecule has 2 aromatic carbocycles. The Morgan fingerprint density at radius 2 is 1.77 bits per heavy atom. The molecule has 2 N–H and O–H groups in total. The minimum atomic E-state index is -4.81. The van der Waals surface area contributed by atoms with E-state index in [9.17, 15) is 22.8 Å². The largest absolute Gasteiger partial charge is 0.435 e. The van der Waals surface area contributed by atoms with E-state index in [1.54, 1.807) is 6.92 Å². The van der Waals surface area contributed by atoms with Gasteiger partial charge in [0.2, 0.25) is 0 Å². The molecule has 3 rings (SSSR count). The second-order valence-electron chi connectivity index (χ2n) is 6.85. The van der Waals surface area contributed by atoms with Crippen molar-refractivity contribution in [1.82, 2.24) is 10.6 Å². The van der Waals surface area contributed by atoms with Crippen molar-refractivity contribution in [2.75, 3.05) is 7.05 Å². The highest BCUT2D eigenvalue weighted by Gasteiger charge is 2.62. The third-order valence-electron chi connectivity index (χ3n) is 4.77. The maximum Gasteiger partial charge on any atom is 0.435 e. The van der Waals surface area contributed by atoms with Crippen molar-refractivity contribution in [1.29, 1.82) is 0 Å². The predicted molar refractivity (Wildman–Crippen MR) is 110 cm³/mol. The highest BCUT2D eigenvalue weighted by molar-refractivity contribution is 6.34. The molecule has 0 spiro atoms. The van der Waals surface area contributed by atoms with Crippen molar-refractivity contribution in [2.24, 2.45) is 5.16 Å². The van der Waals surface area contributed by atoms with Gasteiger partial charge in [0.1, 0.15) is 0 Å². The van der Waals surface area contributed by atoms with E-state index in [0.29, 0.717) is 11.1 Å². The van der Waals surface area contributed by atoms with Crippen LogP contribution in [-0.4, -0.2) is 30.9 Å². The van der Waals surface area contributed by atoms with Gasteiger partial charge >= 0.3 is 12.2 Å². The lowest BCUT2D eigenvalue weighted by molar-refractivity contribution is -0.275. The van der Waals surface area contributed by atoms with E-state index in [1.807, 2.05) is 0 Å². The third-order valence-corrected chi connectivity index (χ3v) is 5.21. The Bertz CT molecular complexity index is 1070. The second kappa shape index (κ2) is 8.39. The Morgan fingerprint density at radius 3 is 2.32 bits per heavy atom. The normalized spacial score (nSPS) is 18.2. The summed E-state index contributed by atoms with van der Waals surface area (Å²) in [5.41, 5.74) is -2.01. The summed E-state index contributed by atoms with van der Waals surface area (Å²) in [5, 5.41) is 8.13. The highest BCUT2D eigenvalue weighted by atomic mass is 35.5. The second-order valence-corrected chi connectivity index (χ2v) is 7.72. The van der Waals surface area contributed by atoms with Crippen molar-refractivity contribution in [3.05, 3.63) is 68.7 Å². The zero-order valence-corrected chi connectivity index (χ0v) is 17.7. The molecule has 0 saturated heterocycles. The molecule has 0 bridgehead atoms. The summed E-state index contributed by atoms with van der Waals surface area (Å²) in [6.07, 6.45) is -5.43. The third kappa shape index (κ3) is 4.47. The molecular formula is C20H16Cl2F3N3O3. The monoisotopic (exact) mass is 473 g/mol. The molecule has 1 heterocycles. The summed E-state index contributed by atoms with van der Waals surface area (Å²) in [7, 11) is 1.36. The molecule has 11 heteroatoms. The predicted octanol–water partition coefficient (Wildman–Crippen LogP) is 4.95. The van der Waals surface area contributed by atoms with E-state index in [1.165, 1.54) is 31.3 Å². The van der Waals surface area contributed by atoms with Crippen LogP contribution in [0.4, 0.5) is 18.0 Å². The fraction of sp³-hybridized carbons (Fsp3) is 0.250. The quantitative estimate of drug-likeness (QED) is 0.661. The summed E-state index contributed by atoms with van der Waals surface area (Å²) < 4.78 is 42.2. The first-order valence-electron chi connectivity index (χ1n) is 8.89. The zero-order chi connectivity index (χ0) is 23.0. The summed E-state index contributed by atoms with van der Waals surface area (Å²) in [6, 6.07) is 7.24. The number of nitrogens with zero attached hydrogens (tertiary/aromatic N) is 1. The van der Waals surface area contributed by atoms with Crippen LogP contribution in [0, 0.1) is 6.92 Å². The number of imide groups is 1. The highest BCUT2D eigenvalue weighted by Crippen LogP contribution is 2.49. The molecule has 1 aliphatic heterocycles. The summed E-state index contributed by atoms with van der Waals surface area (Å²) in [4.78, 5) is 28.4. The number of rotatable bonds is 3. The number of urea groups is 1. The zero-order valence-electron chi connectivity index (χ0n) is 16.2. The van der Waals surface area contributed by atoms with Gasteiger partial charge in [-0.15, -0.1) is 0 Å². The van der Waals surface area contributed by atoms with Gasteiger partial charge in [-0.25, -0.2) is 4.79 Å². The summed E-state index contributed by atoms with van der Waals surface area (Å²) in [5.74, 6) is -0.647. The summed E-state index contributed by atoms with van der Waals surface area (Å²) >= 11 is 11.8. The van der Waals surface area contributed by atoms with Gasteiger partial charge in [-0.1, -0.05) is 34.4 Å². The minimum absolute atomic E-state index is 0.0329. The lowest BCUT2D eigenvalue weighted by Crippen LogP contribution is -2.42. The SMILES string of the molecule is CNC(=O)NC(=O)c1ccc(C2=NOC(c3cc(Cl)cc(Cl)c3)(C(F)(F)F)C2)cc1C. The van der Waals surface area contributed by atoms with E-state index < -0.39 is 30.1 Å². The van der Waals surface area contributed by atoms with Gasteiger partial charge in [-0.3, -0.25) is 10.1 Å². The first-order chi connectivity index (χ1) is 14.5. The Kier molecular flexibility index (Phi) is 6.20. The fourth-order valence-corrected chi connectivity index (χ4v) is 3.70. The van der Waals surface area contributed by atoms with Gasteiger partial charge < -0.3 is 10.2 Å². The van der Waals surface area contributed by atoms with Crippen molar-refractivity contribution < 1.29 is 27.6 Å². The van der Waals surface area contributed by atoms with Crippen LogP contribution in [-0.2, 0) is 10.4 Å². The number of hydrogen-bond acceptors (Lipinski definition) is 4. The molecule has 0 fully saturated rings. The number of hydrogen-bond donors (Lipinski definition) is 2. The molecule has 31 heavy (non-hydrogen) atoms. The van der Waals surface area contributed by atoms with Crippen LogP contribution in [0.5, 0.6) is 0 Å². The molecule has 0 aromatic heterocycles. The molecule has 0 aliphatic carbocycles. The number of aryl methyl sites for hydroxylation is 1. The first kappa shape index (κ1) is 22.9. The van der Waals surface area contributed by atoms with E-state index >= 15 is 0 Å². The smallest absolute Gasteiger partial charge is 0.374 e. The number of carbonyl (C=O) groups is 2. The average molecular weight is 474 g/mol. The molecule has 1 aliphatic rings. The first-order valence-corrected chi connectivity index (χ1v) is 9.65. The minimum Gasteiger partial charge on any atom is -0.374 e. The number of nitrogens with one attached hydrogen (secondary N) is 2. The maximum atomic E-state index is 14.1. The average Bonchev–Trinajstić information content (AvgIpc) is 3.13. The van der Waals surface area contributed by atoms with E-state index in [4.69, 9.17) is 28.0 Å². The number of halogens is 5. The van der Waals surface area contributed by atoms with E-state index in [2.05, 4.69) is 15.8 Å². The topological polar surface area (TPSA) is 79.8 Å². The maximum absolute atomic E-state index is 14.1. The Labute approximate surface area is 185 Å². The molecule has 6 nitrogen and oxygen atoms in total. The molecule has 0 saturated carbocycles. The van der Waals surface area contributed by atoms with Gasteiger partial charge in [0.05, 0.1) is 5.71 Å². The van der Waals surface area contributed by atoms with E-state index in [-0.39, 0.29) is 26.9 Å². The van der Waals surface area contributed by atoms with Crippen LogP contribution in [0.1, 0.15) is 33.5 Å². The standard InChI is InChI=1S/C20H16Cl2F3N3O3/c1-10-5-11(3-4-15(10)17(29)27-18(30)26-2)16-9-19(31-28-16,20(23,24)25)12-6-13(21)8-14(22)7-12/h3-8H,9H2,1-2H3,(H2,26,27,29,30). The van der Waals surface area contributed by atoms with Gasteiger partial charge in [0, 0.05) is 34.6 Å². The van der Waals surface area contributed by atoms with Crippen molar-refractivity contribution >= 4 is 40.9 Å². The van der Waals surface area contributed by atoms with Crippen molar-refractivity contribution in [3.63, 3.8) is 0 Å². The number of alkyl halides is 3. The number of benzene rings is 2. The van der Waals surface area contributed by atoms with Crippen LogP contribution in [0.15, 0.2) is 41.6 Å². The van der Waals surface area contributed by atoms with Crippen LogP contribution in [0.25, 0.3) is 0 Å². The molecule has 2 aromatic rings. The van der Waals surface area contributed by atoms with Crippen LogP contribution in [0.2, 0.25) is 10.0 Å². The van der Waals surface area contributed by atoms with Gasteiger partial charge in [-0.2, -0.15) is 13.2 Å². The molecular weight excluding hydrogens is 458 g/mol. The number of carbonyl (C=O) groups excluding carboxylic acids is 2. The van der Waals surface area contributed by atoms with Gasteiger partial charge in [0.15, 0.2) is 0 Å². The van der Waals surface area contributed by atoms with E-state index in [0.717, 1.165) is 12.1 Å². The fourth-order valence-electron chi connectivity index (χ4n) is 3.18. The molecule has 3 amide bonds. The van der Waals surface area contributed by atoms with Crippen LogP contribution < -0.4 is 10.6 Å². The molecule has 0 radical (unpaired) electrons. The Hall–Kier alpha value is -2.78. The summed E-state index contributed by atoms with van der Waals surface area (Å²) in [6.45, 7) is 1.59. The van der Waals surface area contributed by atoms with Crippen molar-refractivity contribution in [3.8, 4) is 0 Å². The van der Waals surface area contributed by atoms with Crippen LogP contribution >= 0.6 is 23.2 Å². The number of oxime groups is 1. The lowest BCUT2D eigenvalue weighted by Gasteiger charge is -2.29. The Balaban J connectivity index is 1.93. The van der Waals surface area contributed by atoms with Crippen LogP contribution in [0.3, 0.4) is 0 Å².